The highest BCUT2D eigenvalue weighted by Crippen LogP contribution is 2.28. The van der Waals surface area contributed by atoms with Gasteiger partial charge in [-0.3, -0.25) is 4.98 Å². The van der Waals surface area contributed by atoms with Gasteiger partial charge in [-0.05, 0) is 38.1 Å². The molecule has 7 heteroatoms. The monoisotopic (exact) mass is 327 g/mol. The molecule has 0 aliphatic carbocycles. The molecular weight excluding hydrogens is 309 g/mol. The molecule has 0 bridgehead atoms. The summed E-state index contributed by atoms with van der Waals surface area (Å²) in [6, 6.07) is 6.48. The summed E-state index contributed by atoms with van der Waals surface area (Å²) in [5.41, 5.74) is 2.48. The predicted octanol–water partition coefficient (Wildman–Crippen LogP) is 2.98. The first-order valence-electron chi connectivity index (χ1n) is 7.95. The lowest BCUT2D eigenvalue weighted by Gasteiger charge is -2.20. The van der Waals surface area contributed by atoms with Crippen LogP contribution in [0.5, 0.6) is 0 Å². The van der Waals surface area contributed by atoms with E-state index in [0.717, 1.165) is 40.5 Å². The number of benzene rings is 1. The van der Waals surface area contributed by atoms with Crippen molar-refractivity contribution in [2.24, 2.45) is 0 Å². The van der Waals surface area contributed by atoms with Gasteiger partial charge in [-0.15, -0.1) is 10.2 Å². The van der Waals surface area contributed by atoms with E-state index >= 15 is 0 Å². The molecule has 1 N–H and O–H groups in total. The number of ether oxygens (including phenoxy) is 1. The molecule has 1 atom stereocenters. The molecule has 0 saturated carbocycles. The third kappa shape index (κ3) is 2.60. The second-order valence-electron chi connectivity index (χ2n) is 6.02. The number of rotatable bonds is 3. The van der Waals surface area contributed by atoms with Crippen molar-refractivity contribution in [3.63, 3.8) is 0 Å². The zero-order valence-corrected chi connectivity index (χ0v) is 13.6. The van der Waals surface area contributed by atoms with Crippen LogP contribution in [0.15, 0.2) is 24.3 Å². The number of hydrogen-bond donors (Lipinski definition) is 1. The van der Waals surface area contributed by atoms with Crippen LogP contribution in [-0.4, -0.2) is 26.4 Å². The van der Waals surface area contributed by atoms with Crippen molar-refractivity contribution in [2.75, 3.05) is 11.9 Å². The average molecular weight is 327 g/mol. The van der Waals surface area contributed by atoms with Gasteiger partial charge >= 0.3 is 0 Å². The molecule has 1 aliphatic rings. The molecule has 1 aliphatic heterocycles. The van der Waals surface area contributed by atoms with Gasteiger partial charge in [0.2, 0.25) is 0 Å². The van der Waals surface area contributed by atoms with E-state index in [9.17, 15) is 4.39 Å². The van der Waals surface area contributed by atoms with Crippen molar-refractivity contribution in [2.45, 2.75) is 33.0 Å². The number of pyridine rings is 1. The number of nitrogens with zero attached hydrogens (tertiary/aromatic N) is 4. The standard InChI is InChI=1S/C17H18FN5O/c1-10-7-15(13-8-12(18)3-4-14(13)19-10)20-11(2)17-22-21-16-9-24-6-5-23(16)17/h3-4,7-8,11H,5-6,9H2,1-2H3,(H,19,20). The molecule has 0 radical (unpaired) electrons. The van der Waals surface area contributed by atoms with E-state index in [4.69, 9.17) is 4.74 Å². The lowest BCUT2D eigenvalue weighted by molar-refractivity contribution is 0.0804. The molecule has 4 rings (SSSR count). The Bertz CT molecular complexity index is 907. The number of hydrogen-bond acceptors (Lipinski definition) is 5. The third-order valence-corrected chi connectivity index (χ3v) is 4.20. The third-order valence-electron chi connectivity index (χ3n) is 4.20. The summed E-state index contributed by atoms with van der Waals surface area (Å²) < 4.78 is 21.1. The molecule has 3 heterocycles. The van der Waals surface area contributed by atoms with E-state index in [1.165, 1.54) is 12.1 Å². The van der Waals surface area contributed by atoms with Crippen LogP contribution in [0.3, 0.4) is 0 Å². The Morgan fingerprint density at radius 1 is 1.29 bits per heavy atom. The van der Waals surface area contributed by atoms with Gasteiger partial charge in [-0.25, -0.2) is 4.39 Å². The number of nitrogens with one attached hydrogen (secondary N) is 1. The molecule has 0 spiro atoms. The molecule has 2 aromatic heterocycles. The van der Waals surface area contributed by atoms with Crippen LogP contribution >= 0.6 is 0 Å². The molecule has 3 aromatic rings. The van der Waals surface area contributed by atoms with E-state index in [2.05, 4.69) is 25.1 Å². The van der Waals surface area contributed by atoms with Gasteiger partial charge in [0.15, 0.2) is 11.6 Å². The largest absolute Gasteiger partial charge is 0.375 e. The maximum Gasteiger partial charge on any atom is 0.159 e. The van der Waals surface area contributed by atoms with E-state index in [-0.39, 0.29) is 11.9 Å². The predicted molar refractivity (Wildman–Crippen MR) is 88.2 cm³/mol. The van der Waals surface area contributed by atoms with Crippen LogP contribution in [-0.2, 0) is 17.9 Å². The van der Waals surface area contributed by atoms with Crippen molar-refractivity contribution in [1.82, 2.24) is 19.7 Å². The van der Waals surface area contributed by atoms with E-state index < -0.39 is 0 Å². The van der Waals surface area contributed by atoms with Crippen LogP contribution < -0.4 is 5.32 Å². The smallest absolute Gasteiger partial charge is 0.159 e. The fraction of sp³-hybridized carbons (Fsp3) is 0.353. The van der Waals surface area contributed by atoms with Crippen LogP contribution in [0, 0.1) is 12.7 Å². The minimum absolute atomic E-state index is 0.0717. The van der Waals surface area contributed by atoms with Gasteiger partial charge in [0.05, 0.1) is 18.2 Å². The van der Waals surface area contributed by atoms with Crippen molar-refractivity contribution in [3.05, 3.63) is 47.4 Å². The minimum atomic E-state index is -0.277. The SMILES string of the molecule is Cc1cc(NC(C)c2nnc3n2CCOC3)c2cc(F)ccc2n1. The average Bonchev–Trinajstić information content (AvgIpc) is 2.99. The Morgan fingerprint density at radius 3 is 3.04 bits per heavy atom. The molecular formula is C17H18FN5O. The Kier molecular flexibility index (Phi) is 3.65. The van der Waals surface area contributed by atoms with Gasteiger partial charge in [-0.2, -0.15) is 0 Å². The Hall–Kier alpha value is -2.54. The summed E-state index contributed by atoms with van der Waals surface area (Å²) in [7, 11) is 0. The summed E-state index contributed by atoms with van der Waals surface area (Å²) in [5, 5.41) is 12.7. The Morgan fingerprint density at radius 2 is 2.17 bits per heavy atom. The second kappa shape index (κ2) is 5.83. The van der Waals surface area contributed by atoms with Crippen LogP contribution in [0.2, 0.25) is 0 Å². The van der Waals surface area contributed by atoms with Gasteiger partial charge in [0.1, 0.15) is 12.4 Å². The van der Waals surface area contributed by atoms with Gasteiger partial charge in [0, 0.05) is 23.3 Å². The van der Waals surface area contributed by atoms with Crippen LogP contribution in [0.4, 0.5) is 10.1 Å². The summed E-state index contributed by atoms with van der Waals surface area (Å²) in [6.07, 6.45) is 0. The maximum atomic E-state index is 13.7. The lowest BCUT2D eigenvalue weighted by atomic mass is 10.1. The fourth-order valence-corrected chi connectivity index (χ4v) is 3.09. The highest BCUT2D eigenvalue weighted by Gasteiger charge is 2.21. The van der Waals surface area contributed by atoms with Crippen molar-refractivity contribution >= 4 is 16.6 Å². The molecule has 0 saturated heterocycles. The van der Waals surface area contributed by atoms with Crippen molar-refractivity contribution < 1.29 is 9.13 Å². The molecule has 0 fully saturated rings. The first-order valence-corrected chi connectivity index (χ1v) is 7.95. The van der Waals surface area contributed by atoms with Gasteiger partial charge in [0.25, 0.3) is 0 Å². The molecule has 0 amide bonds. The Labute approximate surface area is 138 Å². The number of anilines is 1. The highest BCUT2D eigenvalue weighted by atomic mass is 19.1. The first-order chi connectivity index (χ1) is 11.6. The van der Waals surface area contributed by atoms with E-state index in [1.54, 1.807) is 6.07 Å². The lowest BCUT2D eigenvalue weighted by Crippen LogP contribution is -2.21. The maximum absolute atomic E-state index is 13.7. The fourth-order valence-electron chi connectivity index (χ4n) is 3.09. The topological polar surface area (TPSA) is 64.9 Å². The summed E-state index contributed by atoms with van der Waals surface area (Å²) in [6.45, 7) is 5.84. The zero-order chi connectivity index (χ0) is 16.7. The normalized spacial score (nSPS) is 15.3. The second-order valence-corrected chi connectivity index (χ2v) is 6.02. The van der Waals surface area contributed by atoms with E-state index in [1.807, 2.05) is 19.9 Å². The quantitative estimate of drug-likeness (QED) is 0.801. The zero-order valence-electron chi connectivity index (χ0n) is 13.6. The van der Waals surface area contributed by atoms with Gasteiger partial charge in [-0.1, -0.05) is 0 Å². The molecule has 124 valence electrons. The van der Waals surface area contributed by atoms with Crippen molar-refractivity contribution in [3.8, 4) is 0 Å². The number of aryl methyl sites for hydroxylation is 1. The van der Waals surface area contributed by atoms with Crippen molar-refractivity contribution in [1.29, 1.82) is 0 Å². The minimum Gasteiger partial charge on any atom is -0.375 e. The Balaban J connectivity index is 1.71. The molecule has 1 aromatic carbocycles. The number of fused-ring (bicyclic) bond motifs is 2. The summed E-state index contributed by atoms with van der Waals surface area (Å²) in [5.74, 6) is 1.42. The summed E-state index contributed by atoms with van der Waals surface area (Å²) in [4.78, 5) is 4.46. The van der Waals surface area contributed by atoms with E-state index in [0.29, 0.717) is 13.2 Å². The van der Waals surface area contributed by atoms with Gasteiger partial charge < -0.3 is 14.6 Å². The molecule has 6 nitrogen and oxygen atoms in total. The van der Waals surface area contributed by atoms with Crippen LogP contribution in [0.1, 0.15) is 30.3 Å². The van der Waals surface area contributed by atoms with Crippen LogP contribution in [0.25, 0.3) is 10.9 Å². The molecule has 24 heavy (non-hydrogen) atoms. The first kappa shape index (κ1) is 15.0. The highest BCUT2D eigenvalue weighted by molar-refractivity contribution is 5.91. The molecule has 1 unspecified atom stereocenters. The number of halogens is 1. The number of aromatic nitrogens is 4. The summed E-state index contributed by atoms with van der Waals surface area (Å²) >= 11 is 0.